The van der Waals surface area contributed by atoms with Crippen molar-refractivity contribution in [1.29, 1.82) is 0 Å². The fraction of sp³-hybridized carbons (Fsp3) is 0.267. The summed E-state index contributed by atoms with van der Waals surface area (Å²) in [5.41, 5.74) is 3.33. The van der Waals surface area contributed by atoms with Gasteiger partial charge >= 0.3 is 0 Å². The molecule has 4 nitrogen and oxygen atoms in total. The molecular formula is C30H33NO3. The van der Waals surface area contributed by atoms with Crippen LogP contribution in [0.15, 0.2) is 84.9 Å². The smallest absolute Gasteiger partial charge is 0.224 e. The van der Waals surface area contributed by atoms with Crippen molar-refractivity contribution < 1.29 is 14.3 Å². The van der Waals surface area contributed by atoms with Gasteiger partial charge in [-0.1, -0.05) is 81.1 Å². The standard InChI is InChI=1S/C30H33NO3/c1-2-3-4-5-9-12-30(33)31-27-18-16-26(17-19-27)29(32)22-15-24-13-20-28(21-14-24)34-23-25-10-7-6-8-11-25/h6-8,10-11,13-22H,2-5,9,12,23H2,1H3,(H,31,33)/b22-15+. The highest BCUT2D eigenvalue weighted by Crippen LogP contribution is 2.16. The van der Waals surface area contributed by atoms with Gasteiger partial charge in [0.1, 0.15) is 12.4 Å². The predicted molar refractivity (Wildman–Crippen MR) is 139 cm³/mol. The minimum absolute atomic E-state index is 0.0201. The van der Waals surface area contributed by atoms with Crippen molar-refractivity contribution in [2.75, 3.05) is 5.32 Å². The molecule has 0 radical (unpaired) electrons. The van der Waals surface area contributed by atoms with Crippen molar-refractivity contribution >= 4 is 23.5 Å². The fourth-order valence-electron chi connectivity index (χ4n) is 3.51. The average molecular weight is 456 g/mol. The monoisotopic (exact) mass is 455 g/mol. The van der Waals surface area contributed by atoms with Crippen LogP contribution < -0.4 is 10.1 Å². The largest absolute Gasteiger partial charge is 0.489 e. The number of benzene rings is 3. The number of unbranched alkanes of at least 4 members (excludes halogenated alkanes) is 4. The first-order chi connectivity index (χ1) is 16.6. The van der Waals surface area contributed by atoms with E-state index in [0.29, 0.717) is 24.3 Å². The highest BCUT2D eigenvalue weighted by atomic mass is 16.5. The van der Waals surface area contributed by atoms with E-state index in [1.54, 1.807) is 36.4 Å². The summed E-state index contributed by atoms with van der Waals surface area (Å²) in [6.07, 6.45) is 9.48. The molecule has 0 aliphatic heterocycles. The van der Waals surface area contributed by atoms with E-state index < -0.39 is 0 Å². The zero-order valence-electron chi connectivity index (χ0n) is 19.8. The number of carbonyl (C=O) groups is 2. The van der Waals surface area contributed by atoms with Gasteiger partial charge in [-0.25, -0.2) is 0 Å². The number of ether oxygens (including phenoxy) is 1. The minimum Gasteiger partial charge on any atom is -0.489 e. The van der Waals surface area contributed by atoms with Crippen LogP contribution in [0.25, 0.3) is 6.08 Å². The Bertz CT molecular complexity index is 1050. The molecular weight excluding hydrogens is 422 g/mol. The van der Waals surface area contributed by atoms with Crippen LogP contribution in [0, 0.1) is 0 Å². The Balaban J connectivity index is 1.44. The summed E-state index contributed by atoms with van der Waals surface area (Å²) in [5, 5.41) is 2.90. The number of rotatable bonds is 13. The van der Waals surface area contributed by atoms with Crippen molar-refractivity contribution in [3.63, 3.8) is 0 Å². The number of anilines is 1. The van der Waals surface area contributed by atoms with E-state index in [2.05, 4.69) is 12.2 Å². The topological polar surface area (TPSA) is 55.4 Å². The summed E-state index contributed by atoms with van der Waals surface area (Å²) in [7, 11) is 0. The quantitative estimate of drug-likeness (QED) is 0.165. The van der Waals surface area contributed by atoms with Crippen molar-refractivity contribution in [2.45, 2.75) is 52.1 Å². The Morgan fingerprint density at radius 3 is 2.24 bits per heavy atom. The van der Waals surface area contributed by atoms with Crippen LogP contribution >= 0.6 is 0 Å². The van der Waals surface area contributed by atoms with Gasteiger partial charge < -0.3 is 10.1 Å². The summed E-state index contributed by atoms with van der Waals surface area (Å²) >= 11 is 0. The lowest BCUT2D eigenvalue weighted by atomic mass is 10.1. The average Bonchev–Trinajstić information content (AvgIpc) is 2.87. The zero-order valence-corrected chi connectivity index (χ0v) is 19.8. The zero-order chi connectivity index (χ0) is 24.0. The van der Waals surface area contributed by atoms with E-state index in [0.717, 1.165) is 29.7 Å². The van der Waals surface area contributed by atoms with E-state index in [4.69, 9.17) is 4.74 Å². The number of ketones is 1. The molecule has 3 aromatic carbocycles. The van der Waals surface area contributed by atoms with Gasteiger partial charge in [-0.2, -0.15) is 0 Å². The van der Waals surface area contributed by atoms with Crippen LogP contribution in [-0.4, -0.2) is 11.7 Å². The lowest BCUT2D eigenvalue weighted by molar-refractivity contribution is -0.116. The SMILES string of the molecule is CCCCCCCC(=O)Nc1ccc(C(=O)/C=C/c2ccc(OCc3ccccc3)cc2)cc1. The van der Waals surface area contributed by atoms with Crippen molar-refractivity contribution in [2.24, 2.45) is 0 Å². The molecule has 0 aliphatic carbocycles. The number of nitrogens with one attached hydrogen (secondary N) is 1. The molecule has 0 unspecified atom stereocenters. The first-order valence-corrected chi connectivity index (χ1v) is 12.0. The minimum atomic E-state index is -0.0850. The Hall–Kier alpha value is -3.66. The summed E-state index contributed by atoms with van der Waals surface area (Å²) in [5.74, 6) is 0.718. The maximum absolute atomic E-state index is 12.5. The Labute approximate surface area is 202 Å². The van der Waals surface area contributed by atoms with Crippen LogP contribution in [0.5, 0.6) is 5.75 Å². The number of hydrogen-bond donors (Lipinski definition) is 1. The van der Waals surface area contributed by atoms with Gasteiger partial charge in [0.2, 0.25) is 5.91 Å². The molecule has 1 amide bonds. The highest BCUT2D eigenvalue weighted by molar-refractivity contribution is 6.07. The maximum Gasteiger partial charge on any atom is 0.224 e. The molecule has 0 fully saturated rings. The molecule has 4 heteroatoms. The fourth-order valence-corrected chi connectivity index (χ4v) is 3.51. The van der Waals surface area contributed by atoms with Crippen LogP contribution in [0.2, 0.25) is 0 Å². The lowest BCUT2D eigenvalue weighted by Gasteiger charge is -2.06. The highest BCUT2D eigenvalue weighted by Gasteiger charge is 2.05. The third kappa shape index (κ3) is 8.70. The van der Waals surface area contributed by atoms with Crippen molar-refractivity contribution in [3.05, 3.63) is 102 Å². The molecule has 0 saturated carbocycles. The predicted octanol–water partition coefficient (Wildman–Crippen LogP) is 7.46. The molecule has 3 aromatic rings. The Morgan fingerprint density at radius 1 is 0.824 bits per heavy atom. The van der Waals surface area contributed by atoms with Gasteiger partial charge in [0, 0.05) is 17.7 Å². The molecule has 34 heavy (non-hydrogen) atoms. The third-order valence-electron chi connectivity index (χ3n) is 5.52. The molecule has 0 atom stereocenters. The third-order valence-corrected chi connectivity index (χ3v) is 5.52. The number of amides is 1. The molecule has 0 spiro atoms. The molecule has 0 aliphatic rings. The van der Waals surface area contributed by atoms with Gasteiger partial charge in [-0.3, -0.25) is 9.59 Å². The van der Waals surface area contributed by atoms with E-state index in [1.165, 1.54) is 19.3 Å². The summed E-state index contributed by atoms with van der Waals surface area (Å²) in [6.45, 7) is 2.70. The molecule has 0 bridgehead atoms. The van der Waals surface area contributed by atoms with Gasteiger partial charge in [0.05, 0.1) is 0 Å². The van der Waals surface area contributed by atoms with E-state index in [9.17, 15) is 9.59 Å². The molecule has 0 aromatic heterocycles. The molecule has 0 heterocycles. The second-order valence-corrected chi connectivity index (χ2v) is 8.33. The number of carbonyl (C=O) groups excluding carboxylic acids is 2. The number of hydrogen-bond acceptors (Lipinski definition) is 3. The normalized spacial score (nSPS) is 10.9. The summed E-state index contributed by atoms with van der Waals surface area (Å²) in [6, 6.07) is 24.7. The van der Waals surface area contributed by atoms with Gasteiger partial charge in [-0.05, 0) is 60.0 Å². The first-order valence-electron chi connectivity index (χ1n) is 12.0. The molecule has 3 rings (SSSR count). The second kappa shape index (κ2) is 13.8. The molecule has 176 valence electrons. The molecule has 0 saturated heterocycles. The van der Waals surface area contributed by atoms with E-state index in [1.807, 2.05) is 54.6 Å². The summed E-state index contributed by atoms with van der Waals surface area (Å²) < 4.78 is 5.80. The second-order valence-electron chi connectivity index (χ2n) is 8.33. The van der Waals surface area contributed by atoms with Crippen LogP contribution in [0.3, 0.4) is 0 Å². The Morgan fingerprint density at radius 2 is 1.53 bits per heavy atom. The van der Waals surface area contributed by atoms with Crippen molar-refractivity contribution in [1.82, 2.24) is 0 Å². The van der Waals surface area contributed by atoms with Crippen LogP contribution in [0.4, 0.5) is 5.69 Å². The number of allylic oxidation sites excluding steroid dienone is 1. The maximum atomic E-state index is 12.5. The molecule has 1 N–H and O–H groups in total. The summed E-state index contributed by atoms with van der Waals surface area (Å²) in [4.78, 5) is 24.6. The van der Waals surface area contributed by atoms with Crippen molar-refractivity contribution in [3.8, 4) is 5.75 Å². The van der Waals surface area contributed by atoms with Gasteiger partial charge in [0.15, 0.2) is 5.78 Å². The van der Waals surface area contributed by atoms with E-state index >= 15 is 0 Å². The van der Waals surface area contributed by atoms with Crippen LogP contribution in [0.1, 0.15) is 66.9 Å². The Kier molecular flexibility index (Phi) is 10.1. The van der Waals surface area contributed by atoms with Gasteiger partial charge in [0.25, 0.3) is 0 Å². The first kappa shape index (κ1) is 25.0. The lowest BCUT2D eigenvalue weighted by Crippen LogP contribution is -2.11. The van der Waals surface area contributed by atoms with E-state index in [-0.39, 0.29) is 11.7 Å². The van der Waals surface area contributed by atoms with Crippen LogP contribution in [-0.2, 0) is 11.4 Å². The van der Waals surface area contributed by atoms with Gasteiger partial charge in [-0.15, -0.1) is 0 Å².